The number of nitrogens with zero attached hydrogens (tertiary/aromatic N) is 5. The number of pyridine rings is 2. The van der Waals surface area contributed by atoms with E-state index in [4.69, 9.17) is 0 Å². The van der Waals surface area contributed by atoms with Crippen molar-refractivity contribution >= 4 is 29.4 Å². The summed E-state index contributed by atoms with van der Waals surface area (Å²) in [6, 6.07) is 5.70. The van der Waals surface area contributed by atoms with Gasteiger partial charge in [-0.25, -0.2) is 4.98 Å². The Labute approximate surface area is 188 Å². The topological polar surface area (TPSA) is 70.8 Å². The predicted molar refractivity (Wildman–Crippen MR) is 126 cm³/mol. The first-order valence-corrected chi connectivity index (χ1v) is 11.2. The zero-order chi connectivity index (χ0) is 22.5. The number of piperidine rings is 1. The molecule has 1 amide bonds. The lowest BCUT2D eigenvalue weighted by atomic mass is 9.98. The van der Waals surface area contributed by atoms with Gasteiger partial charge in [-0.3, -0.25) is 19.1 Å². The number of aromatic nitrogens is 2. The van der Waals surface area contributed by atoms with E-state index in [9.17, 15) is 9.59 Å². The van der Waals surface area contributed by atoms with E-state index in [1.54, 1.807) is 18.5 Å². The van der Waals surface area contributed by atoms with Crippen LogP contribution in [-0.2, 0) is 4.79 Å². The second-order valence-electron chi connectivity index (χ2n) is 8.17. The number of fused-ring (bicyclic) bond motifs is 1. The fourth-order valence-electron chi connectivity index (χ4n) is 4.21. The summed E-state index contributed by atoms with van der Waals surface area (Å²) in [5, 5.41) is 0. The zero-order valence-corrected chi connectivity index (χ0v) is 18.4. The number of hydrogen-bond acceptors (Lipinski definition) is 5. The minimum atomic E-state index is 0.0416. The Bertz CT molecular complexity index is 1110. The highest BCUT2D eigenvalue weighted by atomic mass is 16.2. The van der Waals surface area contributed by atoms with Gasteiger partial charge in [0, 0.05) is 55.9 Å². The highest BCUT2D eigenvalue weighted by molar-refractivity contribution is 5.96. The van der Waals surface area contributed by atoms with Crippen LogP contribution < -0.4 is 10.4 Å². The van der Waals surface area contributed by atoms with Crippen molar-refractivity contribution in [3.8, 4) is 0 Å². The molecule has 4 rings (SSSR count). The summed E-state index contributed by atoms with van der Waals surface area (Å²) in [5.41, 5.74) is 3.97. The molecule has 1 saturated heterocycles. The maximum atomic E-state index is 13.0. The first kappa shape index (κ1) is 21.7. The smallest absolute Gasteiger partial charge is 0.255 e. The van der Waals surface area contributed by atoms with Gasteiger partial charge in [0.1, 0.15) is 11.3 Å². The summed E-state index contributed by atoms with van der Waals surface area (Å²) in [7, 11) is 0. The molecule has 2 aromatic heterocycles. The van der Waals surface area contributed by atoms with Crippen LogP contribution in [0.5, 0.6) is 0 Å². The van der Waals surface area contributed by atoms with Crippen molar-refractivity contribution in [2.45, 2.75) is 32.1 Å². The molecule has 0 spiro atoms. The van der Waals surface area contributed by atoms with Crippen LogP contribution in [0.4, 0.5) is 11.5 Å². The second kappa shape index (κ2) is 9.77. The summed E-state index contributed by atoms with van der Waals surface area (Å²) in [4.78, 5) is 37.6. The van der Waals surface area contributed by atoms with Crippen LogP contribution in [0.2, 0.25) is 0 Å². The van der Waals surface area contributed by atoms with E-state index in [-0.39, 0.29) is 5.91 Å². The van der Waals surface area contributed by atoms with E-state index in [0.29, 0.717) is 17.6 Å². The summed E-state index contributed by atoms with van der Waals surface area (Å²) in [6.07, 6.45) is 10.7. The lowest BCUT2D eigenvalue weighted by Crippen LogP contribution is -2.36. The lowest BCUT2D eigenvalue weighted by molar-refractivity contribution is 0.0724. The van der Waals surface area contributed by atoms with E-state index in [1.807, 2.05) is 23.1 Å². The molecule has 32 heavy (non-hydrogen) atoms. The molecule has 0 unspecified atom stereocenters. The summed E-state index contributed by atoms with van der Waals surface area (Å²) >= 11 is 0. The molecule has 2 aliphatic heterocycles. The third-order valence-corrected chi connectivity index (χ3v) is 6.01. The molecule has 0 aromatic carbocycles. The van der Waals surface area contributed by atoms with E-state index < -0.39 is 0 Å². The number of rotatable bonds is 6. The van der Waals surface area contributed by atoms with Gasteiger partial charge in [-0.2, -0.15) is 0 Å². The van der Waals surface area contributed by atoms with Crippen molar-refractivity contribution in [1.82, 2.24) is 14.5 Å². The van der Waals surface area contributed by atoms with Gasteiger partial charge in [0.15, 0.2) is 0 Å². The zero-order valence-electron chi connectivity index (χ0n) is 18.4. The van der Waals surface area contributed by atoms with Crippen molar-refractivity contribution in [2.24, 2.45) is 4.99 Å². The first-order chi connectivity index (χ1) is 15.6. The number of amides is 1. The average Bonchev–Trinajstić information content (AvgIpc) is 2.84. The van der Waals surface area contributed by atoms with Crippen LogP contribution in [0.15, 0.2) is 54.8 Å². The molecular formula is C25H29N5O2. The van der Waals surface area contributed by atoms with E-state index >= 15 is 0 Å². The molecule has 166 valence electrons. The van der Waals surface area contributed by atoms with Gasteiger partial charge in [-0.15, -0.1) is 6.58 Å². The van der Waals surface area contributed by atoms with Crippen molar-refractivity contribution in [3.05, 3.63) is 66.4 Å². The van der Waals surface area contributed by atoms with Crippen molar-refractivity contribution in [3.63, 3.8) is 0 Å². The fraction of sp³-hybridized carbons (Fsp3) is 0.360. The maximum Gasteiger partial charge on any atom is 0.255 e. The van der Waals surface area contributed by atoms with Crippen LogP contribution in [0, 0.1) is 0 Å². The van der Waals surface area contributed by atoms with Crippen LogP contribution in [-0.4, -0.2) is 52.9 Å². The van der Waals surface area contributed by atoms with Crippen molar-refractivity contribution in [2.75, 3.05) is 31.1 Å². The largest absolute Gasteiger partial charge is 0.339 e. The van der Waals surface area contributed by atoms with Crippen LogP contribution in [0.1, 0.15) is 48.0 Å². The predicted octanol–water partition coefficient (Wildman–Crippen LogP) is 3.58. The fourth-order valence-corrected chi connectivity index (χ4v) is 4.21. The molecule has 2 aliphatic rings. The van der Waals surface area contributed by atoms with Gasteiger partial charge in [0.05, 0.1) is 5.56 Å². The molecule has 7 heteroatoms. The highest BCUT2D eigenvalue weighted by Gasteiger charge is 2.25. The standard InChI is InChI=1S/C25H29N5O2/c1-3-4-10-26-23-16-21(9-13-29(23)18-31)30-14-8-19(2)22-15-20(17-27-24(22)30)25(32)28-11-6-5-7-12-28/h3,9,13,15-18H,1-2,4-8,10-12,14H2/b26-23-. The quantitative estimate of drug-likeness (QED) is 0.398. The van der Waals surface area contributed by atoms with Crippen LogP contribution in [0.25, 0.3) is 5.57 Å². The molecule has 0 bridgehead atoms. The van der Waals surface area contributed by atoms with E-state index in [2.05, 4.69) is 28.0 Å². The normalized spacial score (nSPS) is 16.6. The Morgan fingerprint density at radius 3 is 2.75 bits per heavy atom. The first-order valence-electron chi connectivity index (χ1n) is 11.2. The highest BCUT2D eigenvalue weighted by Crippen LogP contribution is 2.36. The van der Waals surface area contributed by atoms with E-state index in [0.717, 1.165) is 74.4 Å². The minimum absolute atomic E-state index is 0.0416. The molecule has 7 nitrogen and oxygen atoms in total. The average molecular weight is 432 g/mol. The second-order valence-corrected chi connectivity index (χ2v) is 8.17. The number of carbonyl (C=O) groups excluding carboxylic acids is 2. The molecule has 0 saturated carbocycles. The Morgan fingerprint density at radius 2 is 2.00 bits per heavy atom. The van der Waals surface area contributed by atoms with Crippen molar-refractivity contribution < 1.29 is 9.59 Å². The number of carbonyl (C=O) groups is 2. The Hall–Kier alpha value is -3.48. The Morgan fingerprint density at radius 1 is 1.19 bits per heavy atom. The summed E-state index contributed by atoms with van der Waals surface area (Å²) < 4.78 is 1.46. The molecule has 0 atom stereocenters. The van der Waals surface area contributed by atoms with Crippen LogP contribution >= 0.6 is 0 Å². The number of anilines is 2. The molecular weight excluding hydrogens is 402 g/mol. The van der Waals surface area contributed by atoms with Gasteiger partial charge in [-0.05, 0) is 49.8 Å². The van der Waals surface area contributed by atoms with Gasteiger partial charge < -0.3 is 9.80 Å². The molecule has 4 heterocycles. The molecule has 0 aliphatic carbocycles. The minimum Gasteiger partial charge on any atom is -0.339 e. The van der Waals surface area contributed by atoms with Gasteiger partial charge in [0.25, 0.3) is 5.91 Å². The molecule has 2 aromatic rings. The summed E-state index contributed by atoms with van der Waals surface area (Å²) in [6.45, 7) is 10.8. The number of likely N-dealkylation sites (tertiary alicyclic amines) is 1. The lowest BCUT2D eigenvalue weighted by Gasteiger charge is -2.32. The maximum absolute atomic E-state index is 13.0. The summed E-state index contributed by atoms with van der Waals surface area (Å²) in [5.74, 6) is 0.817. The van der Waals surface area contributed by atoms with Gasteiger partial charge in [0.2, 0.25) is 6.41 Å². The molecule has 0 radical (unpaired) electrons. The Kier molecular flexibility index (Phi) is 6.63. The van der Waals surface area contributed by atoms with E-state index in [1.165, 1.54) is 11.0 Å². The van der Waals surface area contributed by atoms with Gasteiger partial charge >= 0.3 is 0 Å². The molecule has 1 fully saturated rings. The van der Waals surface area contributed by atoms with Crippen LogP contribution in [0.3, 0.4) is 0 Å². The SMILES string of the molecule is C=CCC/N=c1/cc(N2CCC(=C)c3cc(C(=O)N4CCCCC4)cnc32)ccn1C=O. The third-order valence-electron chi connectivity index (χ3n) is 6.01. The number of hydrogen-bond donors (Lipinski definition) is 0. The molecule has 0 N–H and O–H groups in total. The monoisotopic (exact) mass is 431 g/mol. The Balaban J connectivity index is 1.68. The third kappa shape index (κ3) is 4.42. The van der Waals surface area contributed by atoms with Gasteiger partial charge in [-0.1, -0.05) is 12.7 Å². The van der Waals surface area contributed by atoms with Crippen molar-refractivity contribution in [1.29, 1.82) is 0 Å².